The lowest BCUT2D eigenvalue weighted by Gasteiger charge is -2.35. The van der Waals surface area contributed by atoms with Crippen molar-refractivity contribution in [3.63, 3.8) is 0 Å². The molecule has 0 spiro atoms. The van der Waals surface area contributed by atoms with Crippen LogP contribution in [0, 0.1) is 11.8 Å². The first-order valence-electron chi connectivity index (χ1n) is 16.8. The number of methoxy groups -OCH3 is 1. The van der Waals surface area contributed by atoms with E-state index in [4.69, 9.17) is 9.73 Å². The minimum atomic E-state index is -0.709. The van der Waals surface area contributed by atoms with Crippen LogP contribution >= 0.6 is 0 Å². The molecule has 0 aliphatic heterocycles. The number of amides is 1. The molecule has 8 nitrogen and oxygen atoms in total. The van der Waals surface area contributed by atoms with Crippen molar-refractivity contribution in [2.75, 3.05) is 57.5 Å². The van der Waals surface area contributed by atoms with Gasteiger partial charge in [-0.25, -0.2) is 9.79 Å². The molecule has 0 saturated carbocycles. The highest BCUT2D eigenvalue weighted by Crippen LogP contribution is 2.34. The third kappa shape index (κ3) is 11.9. The fourth-order valence-electron chi connectivity index (χ4n) is 5.46. The van der Waals surface area contributed by atoms with Crippen LogP contribution in [0.5, 0.6) is 0 Å². The molecule has 2 N–H and O–H groups in total. The molecule has 0 bridgehead atoms. The average molecular weight is 642 g/mol. The molecule has 0 atom stereocenters. The zero-order chi connectivity index (χ0) is 34.4. The Kier molecular flexibility index (Phi) is 14.5. The Bertz CT molecular complexity index is 1420. The van der Waals surface area contributed by atoms with Crippen LogP contribution in [0.25, 0.3) is 0 Å². The number of ether oxygens (including phenoxy) is 1. The second-order valence-corrected chi connectivity index (χ2v) is 13.6. The van der Waals surface area contributed by atoms with E-state index in [0.717, 1.165) is 68.2 Å². The summed E-state index contributed by atoms with van der Waals surface area (Å²) in [6.45, 7) is 16.9. The van der Waals surface area contributed by atoms with Crippen molar-refractivity contribution < 1.29 is 14.3 Å². The molecule has 3 aromatic carbocycles. The topological polar surface area (TPSA) is 86.3 Å². The molecular weight excluding hydrogens is 586 g/mol. The van der Waals surface area contributed by atoms with Crippen LogP contribution in [0.2, 0.25) is 0 Å². The second kappa shape index (κ2) is 18.2. The van der Waals surface area contributed by atoms with Gasteiger partial charge in [0.05, 0.1) is 35.8 Å². The SMILES string of the molecule is COC(=O)c1ccc(NC=Nc2ccc(C(C)(C)C(=O)N(CC(C)C)CC(C)C)cc2NCCCN(C)CCc2ccccc2)cc1. The van der Waals surface area contributed by atoms with Gasteiger partial charge in [-0.1, -0.05) is 64.1 Å². The van der Waals surface area contributed by atoms with E-state index < -0.39 is 5.41 Å². The van der Waals surface area contributed by atoms with Gasteiger partial charge < -0.3 is 25.2 Å². The second-order valence-electron chi connectivity index (χ2n) is 13.6. The fraction of sp³-hybridized carbons (Fsp3) is 0.462. The number of nitrogens with one attached hydrogen (secondary N) is 2. The molecular formula is C39H55N5O3. The van der Waals surface area contributed by atoms with E-state index in [-0.39, 0.29) is 11.9 Å². The maximum atomic E-state index is 14.0. The Morgan fingerprint density at radius 2 is 1.57 bits per heavy atom. The molecule has 47 heavy (non-hydrogen) atoms. The fourth-order valence-corrected chi connectivity index (χ4v) is 5.46. The molecule has 0 fully saturated rings. The molecule has 0 aromatic heterocycles. The largest absolute Gasteiger partial charge is 0.465 e. The van der Waals surface area contributed by atoms with E-state index in [1.807, 2.05) is 43.0 Å². The number of hydrogen-bond donors (Lipinski definition) is 2. The highest BCUT2D eigenvalue weighted by molar-refractivity contribution is 5.91. The number of likely N-dealkylation sites (N-methyl/N-ethyl adjacent to an activating group) is 1. The predicted octanol–water partition coefficient (Wildman–Crippen LogP) is 7.64. The molecule has 0 unspecified atom stereocenters. The smallest absolute Gasteiger partial charge is 0.337 e. The summed E-state index contributed by atoms with van der Waals surface area (Å²) in [5.41, 5.74) is 4.53. The Balaban J connectivity index is 1.76. The van der Waals surface area contributed by atoms with Crippen molar-refractivity contribution in [2.24, 2.45) is 16.8 Å². The van der Waals surface area contributed by atoms with E-state index in [0.29, 0.717) is 17.4 Å². The van der Waals surface area contributed by atoms with Gasteiger partial charge >= 0.3 is 5.97 Å². The highest BCUT2D eigenvalue weighted by Gasteiger charge is 2.34. The third-order valence-electron chi connectivity index (χ3n) is 8.11. The number of rotatable bonds is 18. The van der Waals surface area contributed by atoms with Crippen LogP contribution < -0.4 is 10.6 Å². The predicted molar refractivity (Wildman–Crippen MR) is 196 cm³/mol. The maximum absolute atomic E-state index is 14.0. The molecule has 0 heterocycles. The van der Waals surface area contributed by atoms with Gasteiger partial charge in [0.1, 0.15) is 0 Å². The Labute approximate surface area is 282 Å². The number of benzene rings is 3. The van der Waals surface area contributed by atoms with Gasteiger partial charge in [0.15, 0.2) is 0 Å². The van der Waals surface area contributed by atoms with Gasteiger partial charge in [-0.2, -0.15) is 0 Å². The van der Waals surface area contributed by atoms with Crippen LogP contribution in [-0.4, -0.2) is 74.9 Å². The minimum absolute atomic E-state index is 0.138. The molecule has 0 radical (unpaired) electrons. The van der Waals surface area contributed by atoms with Gasteiger partial charge in [-0.15, -0.1) is 0 Å². The van der Waals surface area contributed by atoms with Crippen molar-refractivity contribution >= 4 is 35.3 Å². The maximum Gasteiger partial charge on any atom is 0.337 e. The van der Waals surface area contributed by atoms with E-state index in [1.54, 1.807) is 18.5 Å². The molecule has 8 heteroatoms. The van der Waals surface area contributed by atoms with E-state index in [9.17, 15) is 9.59 Å². The first kappa shape index (κ1) is 37.3. The summed E-state index contributed by atoms with van der Waals surface area (Å²) in [5.74, 6) is 0.537. The summed E-state index contributed by atoms with van der Waals surface area (Å²) < 4.78 is 4.79. The van der Waals surface area contributed by atoms with Crippen molar-refractivity contribution in [1.82, 2.24) is 9.80 Å². The Morgan fingerprint density at radius 1 is 0.915 bits per heavy atom. The summed E-state index contributed by atoms with van der Waals surface area (Å²) in [5, 5.41) is 6.81. The Hall–Kier alpha value is -4.17. The standard InChI is InChI=1S/C39H55N5O3/c1-29(2)26-44(27-30(3)4)38(46)39(5,6)33-17-20-35(42-28-41-34-18-15-32(16-19-34)37(45)47-8)36(25-33)40-22-12-23-43(7)24-21-31-13-10-9-11-14-31/h9-11,13-20,25,28-30,40H,12,21-24,26-27H2,1-8H3,(H,41,42). The van der Waals surface area contributed by atoms with Crippen LogP contribution in [0.4, 0.5) is 17.1 Å². The summed E-state index contributed by atoms with van der Waals surface area (Å²) in [4.78, 5) is 34.9. The number of carbonyl (C=O) groups excluding carboxylic acids is 2. The van der Waals surface area contributed by atoms with Gasteiger partial charge in [-0.3, -0.25) is 4.79 Å². The van der Waals surface area contributed by atoms with Gasteiger partial charge in [-0.05, 0) is 99.6 Å². The molecule has 0 aliphatic rings. The lowest BCUT2D eigenvalue weighted by atomic mass is 9.82. The van der Waals surface area contributed by atoms with Crippen molar-refractivity contribution in [2.45, 2.75) is 59.8 Å². The van der Waals surface area contributed by atoms with Gasteiger partial charge in [0.25, 0.3) is 0 Å². The normalized spacial score (nSPS) is 11.8. The summed E-state index contributed by atoms with van der Waals surface area (Å²) in [7, 11) is 3.53. The third-order valence-corrected chi connectivity index (χ3v) is 8.11. The van der Waals surface area contributed by atoms with Crippen LogP contribution in [-0.2, 0) is 21.4 Å². The van der Waals surface area contributed by atoms with Crippen molar-refractivity contribution in [3.8, 4) is 0 Å². The summed E-state index contributed by atoms with van der Waals surface area (Å²) in [6.07, 6.45) is 3.63. The zero-order valence-electron chi connectivity index (χ0n) is 29.7. The van der Waals surface area contributed by atoms with Crippen LogP contribution in [0.3, 0.4) is 0 Å². The highest BCUT2D eigenvalue weighted by atomic mass is 16.5. The molecule has 3 aromatic rings. The van der Waals surface area contributed by atoms with E-state index in [1.165, 1.54) is 12.7 Å². The van der Waals surface area contributed by atoms with Crippen LogP contribution in [0.1, 0.15) is 69.4 Å². The number of carbonyl (C=O) groups is 2. The van der Waals surface area contributed by atoms with E-state index >= 15 is 0 Å². The summed E-state index contributed by atoms with van der Waals surface area (Å²) in [6, 6.07) is 23.7. The molecule has 0 saturated heterocycles. The number of anilines is 2. The van der Waals surface area contributed by atoms with Crippen molar-refractivity contribution in [3.05, 3.63) is 89.5 Å². The van der Waals surface area contributed by atoms with Gasteiger partial charge in [0.2, 0.25) is 5.91 Å². The Morgan fingerprint density at radius 3 is 2.19 bits per heavy atom. The monoisotopic (exact) mass is 641 g/mol. The molecule has 3 rings (SSSR count). The number of esters is 1. The number of aliphatic imine (C=N–C) groups is 1. The first-order valence-corrected chi connectivity index (χ1v) is 16.8. The summed E-state index contributed by atoms with van der Waals surface area (Å²) >= 11 is 0. The lowest BCUT2D eigenvalue weighted by Crippen LogP contribution is -2.46. The molecule has 254 valence electrons. The van der Waals surface area contributed by atoms with Crippen LogP contribution in [0.15, 0.2) is 77.8 Å². The lowest BCUT2D eigenvalue weighted by molar-refractivity contribution is -0.137. The molecule has 1 amide bonds. The van der Waals surface area contributed by atoms with Crippen molar-refractivity contribution in [1.29, 1.82) is 0 Å². The number of hydrogen-bond acceptors (Lipinski definition) is 6. The van der Waals surface area contributed by atoms with Gasteiger partial charge in [0, 0.05) is 31.9 Å². The average Bonchev–Trinajstić information content (AvgIpc) is 3.05. The quantitative estimate of drug-likeness (QED) is 0.0643. The number of nitrogens with zero attached hydrogens (tertiary/aromatic N) is 3. The first-order chi connectivity index (χ1) is 22.4. The zero-order valence-corrected chi connectivity index (χ0v) is 29.7. The minimum Gasteiger partial charge on any atom is -0.465 e. The van der Waals surface area contributed by atoms with E-state index in [2.05, 4.69) is 86.7 Å². The molecule has 0 aliphatic carbocycles.